The van der Waals surface area contributed by atoms with Gasteiger partial charge in [-0.05, 0) is 30.4 Å². The first-order chi connectivity index (χ1) is 9.95. The van der Waals surface area contributed by atoms with E-state index in [1.165, 1.54) is 17.1 Å². The summed E-state index contributed by atoms with van der Waals surface area (Å²) in [5, 5.41) is 3.19. The molecule has 21 heavy (non-hydrogen) atoms. The van der Waals surface area contributed by atoms with Crippen molar-refractivity contribution in [2.75, 3.05) is 6.54 Å². The summed E-state index contributed by atoms with van der Waals surface area (Å²) in [6.07, 6.45) is 2.88. The standard InChI is InChI=1S/C14H10Cl2N2O2S/c1-2-6-18-13(20)9(12(19)17-14(18)21)7-8-10(15)4-3-5-11(8)16/h2-5,7H,1,6H2,(H,17,19,21)/b9-7+. The first-order valence-corrected chi connectivity index (χ1v) is 7.06. The van der Waals surface area contributed by atoms with Crippen LogP contribution < -0.4 is 5.32 Å². The topological polar surface area (TPSA) is 49.4 Å². The van der Waals surface area contributed by atoms with Gasteiger partial charge in [-0.2, -0.15) is 0 Å². The van der Waals surface area contributed by atoms with Crippen molar-refractivity contribution >= 4 is 58.4 Å². The number of amides is 2. The van der Waals surface area contributed by atoms with Crippen LogP contribution in [0.25, 0.3) is 6.08 Å². The van der Waals surface area contributed by atoms with Crippen molar-refractivity contribution in [2.45, 2.75) is 0 Å². The molecule has 1 heterocycles. The van der Waals surface area contributed by atoms with Crippen LogP contribution >= 0.6 is 35.4 Å². The van der Waals surface area contributed by atoms with Gasteiger partial charge in [-0.1, -0.05) is 35.3 Å². The number of benzene rings is 1. The van der Waals surface area contributed by atoms with Crippen molar-refractivity contribution < 1.29 is 9.59 Å². The summed E-state index contributed by atoms with van der Waals surface area (Å²) in [4.78, 5) is 25.5. The van der Waals surface area contributed by atoms with Crippen LogP contribution in [-0.4, -0.2) is 28.4 Å². The monoisotopic (exact) mass is 340 g/mol. The molecule has 0 saturated carbocycles. The maximum absolute atomic E-state index is 12.3. The molecule has 1 aromatic carbocycles. The Hall–Kier alpha value is -1.69. The molecule has 7 heteroatoms. The van der Waals surface area contributed by atoms with Gasteiger partial charge in [0.25, 0.3) is 11.8 Å². The quantitative estimate of drug-likeness (QED) is 0.398. The summed E-state index contributed by atoms with van der Waals surface area (Å²) in [5.41, 5.74) is 0.325. The molecular weight excluding hydrogens is 331 g/mol. The molecule has 108 valence electrons. The van der Waals surface area contributed by atoms with Gasteiger partial charge in [-0.3, -0.25) is 19.8 Å². The van der Waals surface area contributed by atoms with E-state index in [1.54, 1.807) is 18.2 Å². The van der Waals surface area contributed by atoms with Gasteiger partial charge in [0.1, 0.15) is 5.57 Å². The number of nitrogens with zero attached hydrogens (tertiary/aromatic N) is 1. The molecular formula is C14H10Cl2N2O2S. The molecule has 1 N–H and O–H groups in total. The Labute approximate surface area is 137 Å². The highest BCUT2D eigenvalue weighted by molar-refractivity contribution is 7.80. The van der Waals surface area contributed by atoms with Crippen LogP contribution in [0.15, 0.2) is 36.4 Å². The number of hydrogen-bond acceptors (Lipinski definition) is 3. The third-order valence-corrected chi connectivity index (χ3v) is 3.77. The Kier molecular flexibility index (Phi) is 4.77. The lowest BCUT2D eigenvalue weighted by Crippen LogP contribution is -2.53. The lowest BCUT2D eigenvalue weighted by Gasteiger charge is -2.27. The molecule has 0 atom stereocenters. The van der Waals surface area contributed by atoms with Gasteiger partial charge >= 0.3 is 0 Å². The molecule has 0 aromatic heterocycles. The van der Waals surface area contributed by atoms with E-state index in [0.717, 1.165) is 0 Å². The number of rotatable bonds is 3. The molecule has 0 spiro atoms. The van der Waals surface area contributed by atoms with Gasteiger partial charge in [0, 0.05) is 22.2 Å². The Bertz CT molecular complexity index is 665. The normalized spacial score (nSPS) is 17.1. The highest BCUT2D eigenvalue weighted by Gasteiger charge is 2.32. The maximum atomic E-state index is 12.3. The minimum absolute atomic E-state index is 0.0484. The van der Waals surface area contributed by atoms with Crippen molar-refractivity contribution in [3.63, 3.8) is 0 Å². The number of halogens is 2. The summed E-state index contributed by atoms with van der Waals surface area (Å²) in [7, 11) is 0. The number of hydrogen-bond donors (Lipinski definition) is 1. The molecule has 4 nitrogen and oxygen atoms in total. The minimum Gasteiger partial charge on any atom is -0.298 e. The minimum atomic E-state index is -0.582. The Morgan fingerprint density at radius 1 is 1.29 bits per heavy atom. The first kappa shape index (κ1) is 15.7. The van der Waals surface area contributed by atoms with Gasteiger partial charge < -0.3 is 0 Å². The molecule has 0 unspecified atom stereocenters. The lowest BCUT2D eigenvalue weighted by molar-refractivity contribution is -0.128. The number of thiocarbonyl (C=S) groups is 1. The second-order valence-corrected chi connectivity index (χ2v) is 5.36. The number of carbonyl (C=O) groups is 2. The van der Waals surface area contributed by atoms with Gasteiger partial charge in [0.2, 0.25) is 0 Å². The average molecular weight is 341 g/mol. The van der Waals surface area contributed by atoms with E-state index in [4.69, 9.17) is 35.4 Å². The summed E-state index contributed by atoms with van der Waals surface area (Å²) in [5.74, 6) is -1.10. The van der Waals surface area contributed by atoms with E-state index in [-0.39, 0.29) is 17.2 Å². The molecule has 0 radical (unpaired) electrons. The van der Waals surface area contributed by atoms with Crippen LogP contribution in [0.5, 0.6) is 0 Å². The van der Waals surface area contributed by atoms with Gasteiger partial charge in [0.05, 0.1) is 0 Å². The largest absolute Gasteiger partial charge is 0.298 e. The molecule has 1 aliphatic heterocycles. The SMILES string of the molecule is C=CCN1C(=O)/C(=C/c2c(Cl)cccc2Cl)C(=O)NC1=S. The smallest absolute Gasteiger partial charge is 0.265 e. The zero-order valence-corrected chi connectivity index (χ0v) is 13.1. The van der Waals surface area contributed by atoms with Gasteiger partial charge in [0.15, 0.2) is 5.11 Å². The molecule has 1 saturated heterocycles. The first-order valence-electron chi connectivity index (χ1n) is 5.89. The predicted octanol–water partition coefficient (Wildman–Crippen LogP) is 2.81. The van der Waals surface area contributed by atoms with Crippen LogP contribution in [0.3, 0.4) is 0 Å². The maximum Gasteiger partial charge on any atom is 0.265 e. The molecule has 0 bridgehead atoms. The molecule has 0 aliphatic carbocycles. The van der Waals surface area contributed by atoms with Crippen molar-refractivity contribution in [1.29, 1.82) is 0 Å². The molecule has 2 amide bonds. The zero-order valence-electron chi connectivity index (χ0n) is 10.7. The van der Waals surface area contributed by atoms with Crippen molar-refractivity contribution in [3.8, 4) is 0 Å². The van der Waals surface area contributed by atoms with E-state index in [2.05, 4.69) is 11.9 Å². The van der Waals surface area contributed by atoms with E-state index in [9.17, 15) is 9.59 Å². The average Bonchev–Trinajstić information content (AvgIpc) is 2.42. The highest BCUT2D eigenvalue weighted by atomic mass is 35.5. The fourth-order valence-corrected chi connectivity index (χ4v) is 2.54. The van der Waals surface area contributed by atoms with E-state index in [1.807, 2.05) is 0 Å². The van der Waals surface area contributed by atoms with Gasteiger partial charge in [-0.25, -0.2) is 0 Å². The predicted molar refractivity (Wildman–Crippen MR) is 87.1 cm³/mol. The van der Waals surface area contributed by atoms with E-state index in [0.29, 0.717) is 15.6 Å². The molecule has 1 aliphatic rings. The van der Waals surface area contributed by atoms with Crippen molar-refractivity contribution in [3.05, 3.63) is 52.0 Å². The summed E-state index contributed by atoms with van der Waals surface area (Å²) in [6.45, 7) is 3.75. The van der Waals surface area contributed by atoms with Gasteiger partial charge in [-0.15, -0.1) is 6.58 Å². The summed E-state index contributed by atoms with van der Waals surface area (Å²) in [6, 6.07) is 4.92. The molecule has 1 fully saturated rings. The van der Waals surface area contributed by atoms with Crippen LogP contribution in [0.4, 0.5) is 0 Å². The third kappa shape index (κ3) is 3.15. The van der Waals surface area contributed by atoms with Crippen LogP contribution in [0, 0.1) is 0 Å². The van der Waals surface area contributed by atoms with Crippen molar-refractivity contribution in [1.82, 2.24) is 10.2 Å². The van der Waals surface area contributed by atoms with Crippen LogP contribution in [0.2, 0.25) is 10.0 Å². The number of nitrogens with one attached hydrogen (secondary N) is 1. The second-order valence-electron chi connectivity index (χ2n) is 4.16. The molecule has 2 rings (SSSR count). The summed E-state index contributed by atoms with van der Waals surface area (Å²) < 4.78 is 0. The lowest BCUT2D eigenvalue weighted by atomic mass is 10.1. The van der Waals surface area contributed by atoms with Crippen LogP contribution in [0.1, 0.15) is 5.56 Å². The summed E-state index contributed by atoms with van der Waals surface area (Å²) >= 11 is 17.0. The Balaban J connectivity index is 2.48. The van der Waals surface area contributed by atoms with E-state index < -0.39 is 11.8 Å². The Morgan fingerprint density at radius 2 is 1.90 bits per heavy atom. The highest BCUT2D eigenvalue weighted by Crippen LogP contribution is 2.27. The van der Waals surface area contributed by atoms with E-state index >= 15 is 0 Å². The van der Waals surface area contributed by atoms with Crippen molar-refractivity contribution in [2.24, 2.45) is 0 Å². The fourth-order valence-electron chi connectivity index (χ4n) is 1.78. The Morgan fingerprint density at radius 3 is 2.48 bits per heavy atom. The molecule has 1 aromatic rings. The van der Waals surface area contributed by atoms with Crippen LogP contribution in [-0.2, 0) is 9.59 Å². The second kappa shape index (κ2) is 6.39. The zero-order chi connectivity index (χ0) is 15.6. The number of carbonyl (C=O) groups excluding carboxylic acids is 2. The third-order valence-electron chi connectivity index (χ3n) is 2.79. The fraction of sp³-hybridized carbons (Fsp3) is 0.0714.